The molecule has 8 atom stereocenters. The standard InChI is InChI=1S/C23H32O4/c1-13(24)23-12-19-17-6-5-15-11-16(26-14(2)25)7-9-21(15,3)18(17)8-10-22(19,4)20(23)27-23/h5,16-20H,6-12H2,1-4H3/t16-,17-,18+,19+,20+,21-,22+,23+/m1/s1. The maximum absolute atomic E-state index is 12.3. The van der Waals surface area contributed by atoms with Crippen molar-refractivity contribution in [3.8, 4) is 0 Å². The summed E-state index contributed by atoms with van der Waals surface area (Å²) in [6.45, 7) is 8.07. The van der Waals surface area contributed by atoms with E-state index in [0.717, 1.165) is 32.1 Å². The minimum atomic E-state index is -0.452. The second-order valence-corrected chi connectivity index (χ2v) is 10.4. The number of ketones is 1. The van der Waals surface area contributed by atoms with E-state index < -0.39 is 5.60 Å². The molecule has 4 fully saturated rings. The molecule has 0 spiro atoms. The Hall–Kier alpha value is -1.16. The van der Waals surface area contributed by atoms with Gasteiger partial charge in [-0.1, -0.05) is 25.5 Å². The third-order valence-corrected chi connectivity index (χ3v) is 9.24. The SMILES string of the molecule is CC(=O)O[C@@H]1CC[C@]2(C)C(=CC[C@H]3[C@@H]4C[C@@]5(C(C)=O)O[C@H]5[C@@]4(C)CC[C@@H]32)C1. The van der Waals surface area contributed by atoms with Gasteiger partial charge >= 0.3 is 5.97 Å². The third kappa shape index (κ3) is 2.25. The Morgan fingerprint density at radius 2 is 1.93 bits per heavy atom. The molecule has 1 heterocycles. The van der Waals surface area contributed by atoms with Gasteiger partial charge in [0.05, 0.1) is 0 Å². The second kappa shape index (κ2) is 5.46. The predicted molar refractivity (Wildman–Crippen MR) is 101 cm³/mol. The lowest BCUT2D eigenvalue weighted by atomic mass is 9.48. The zero-order valence-corrected chi connectivity index (χ0v) is 17.0. The van der Waals surface area contributed by atoms with Gasteiger partial charge in [0.2, 0.25) is 0 Å². The molecule has 148 valence electrons. The van der Waals surface area contributed by atoms with Crippen LogP contribution in [0.3, 0.4) is 0 Å². The molecule has 1 saturated heterocycles. The van der Waals surface area contributed by atoms with Crippen LogP contribution in [-0.4, -0.2) is 29.6 Å². The van der Waals surface area contributed by atoms with Crippen molar-refractivity contribution in [2.75, 3.05) is 0 Å². The molecule has 0 N–H and O–H groups in total. The van der Waals surface area contributed by atoms with Gasteiger partial charge in [-0.15, -0.1) is 0 Å². The Bertz CT molecular complexity index is 741. The van der Waals surface area contributed by atoms with Gasteiger partial charge in [0.1, 0.15) is 12.2 Å². The number of allylic oxidation sites excluding steroid dienone is 1. The van der Waals surface area contributed by atoms with Crippen LogP contribution in [0.15, 0.2) is 11.6 Å². The number of Topliss-reactive ketones (excluding diaryl/α,β-unsaturated/α-hetero) is 1. The van der Waals surface area contributed by atoms with Crippen molar-refractivity contribution in [2.24, 2.45) is 28.6 Å². The van der Waals surface area contributed by atoms with Gasteiger partial charge in [-0.2, -0.15) is 0 Å². The summed E-state index contributed by atoms with van der Waals surface area (Å²) < 4.78 is 11.6. The average Bonchev–Trinajstić information content (AvgIpc) is 3.28. The van der Waals surface area contributed by atoms with E-state index in [-0.39, 0.29) is 34.8 Å². The smallest absolute Gasteiger partial charge is 0.302 e. The number of epoxide rings is 1. The molecule has 0 aromatic rings. The number of hydrogen-bond acceptors (Lipinski definition) is 4. The molecule has 0 aromatic carbocycles. The monoisotopic (exact) mass is 372 g/mol. The van der Waals surface area contributed by atoms with Gasteiger partial charge in [-0.05, 0) is 68.6 Å². The van der Waals surface area contributed by atoms with Crippen LogP contribution in [0.1, 0.15) is 72.6 Å². The molecule has 0 radical (unpaired) electrons. The van der Waals surface area contributed by atoms with Gasteiger partial charge in [0, 0.05) is 18.8 Å². The number of ether oxygens (including phenoxy) is 2. The summed E-state index contributed by atoms with van der Waals surface area (Å²) in [6, 6.07) is 0. The van der Waals surface area contributed by atoms with Crippen LogP contribution >= 0.6 is 0 Å². The van der Waals surface area contributed by atoms with Crippen LogP contribution in [0.2, 0.25) is 0 Å². The van der Waals surface area contributed by atoms with Crippen LogP contribution in [-0.2, 0) is 19.1 Å². The highest BCUT2D eigenvalue weighted by Gasteiger charge is 2.77. The Balaban J connectivity index is 1.42. The van der Waals surface area contributed by atoms with Crippen molar-refractivity contribution in [2.45, 2.75) is 90.4 Å². The number of carbonyl (C=O) groups is 2. The molecule has 4 aliphatic carbocycles. The molecule has 0 bridgehead atoms. The number of esters is 1. The average molecular weight is 373 g/mol. The quantitative estimate of drug-likeness (QED) is 0.414. The molecule has 5 aliphatic rings. The van der Waals surface area contributed by atoms with E-state index in [2.05, 4.69) is 19.9 Å². The molecule has 0 amide bonds. The van der Waals surface area contributed by atoms with Gasteiger partial charge in [0.15, 0.2) is 11.4 Å². The van der Waals surface area contributed by atoms with Crippen LogP contribution in [0.5, 0.6) is 0 Å². The molecule has 3 saturated carbocycles. The van der Waals surface area contributed by atoms with E-state index in [9.17, 15) is 9.59 Å². The maximum atomic E-state index is 12.3. The fourth-order valence-electron chi connectivity index (χ4n) is 7.76. The third-order valence-electron chi connectivity index (χ3n) is 9.24. The van der Waals surface area contributed by atoms with Crippen molar-refractivity contribution in [1.29, 1.82) is 0 Å². The van der Waals surface area contributed by atoms with Crippen molar-refractivity contribution in [3.63, 3.8) is 0 Å². The zero-order chi connectivity index (χ0) is 19.2. The topological polar surface area (TPSA) is 55.9 Å². The zero-order valence-electron chi connectivity index (χ0n) is 17.0. The van der Waals surface area contributed by atoms with E-state index in [1.54, 1.807) is 6.92 Å². The Morgan fingerprint density at radius 1 is 1.15 bits per heavy atom. The highest BCUT2D eigenvalue weighted by atomic mass is 16.6. The van der Waals surface area contributed by atoms with E-state index >= 15 is 0 Å². The molecule has 1 aliphatic heterocycles. The fourth-order valence-corrected chi connectivity index (χ4v) is 7.76. The first-order valence-corrected chi connectivity index (χ1v) is 10.8. The number of carbonyl (C=O) groups excluding carboxylic acids is 2. The summed E-state index contributed by atoms with van der Waals surface area (Å²) in [4.78, 5) is 23.7. The number of rotatable bonds is 2. The first kappa shape index (κ1) is 17.9. The Labute approximate surface area is 162 Å². The van der Waals surface area contributed by atoms with E-state index in [0.29, 0.717) is 17.8 Å². The van der Waals surface area contributed by atoms with Crippen LogP contribution in [0.4, 0.5) is 0 Å². The summed E-state index contributed by atoms with van der Waals surface area (Å²) in [5.74, 6) is 2.02. The molecule has 0 aromatic heterocycles. The number of hydrogen-bond donors (Lipinski definition) is 0. The summed E-state index contributed by atoms with van der Waals surface area (Å²) in [5.41, 5.74) is 1.47. The molecule has 0 unspecified atom stereocenters. The summed E-state index contributed by atoms with van der Waals surface area (Å²) in [5, 5.41) is 0. The van der Waals surface area contributed by atoms with Crippen molar-refractivity contribution in [1.82, 2.24) is 0 Å². The largest absolute Gasteiger partial charge is 0.462 e. The summed E-state index contributed by atoms with van der Waals surface area (Å²) in [7, 11) is 0. The first-order chi connectivity index (χ1) is 12.7. The molecular formula is C23H32O4. The normalized spacial score (nSPS) is 52.6. The Kier molecular flexibility index (Phi) is 3.62. The van der Waals surface area contributed by atoms with Crippen LogP contribution < -0.4 is 0 Å². The fraction of sp³-hybridized carbons (Fsp3) is 0.826. The molecule has 4 heteroatoms. The van der Waals surface area contributed by atoms with E-state index in [1.165, 1.54) is 25.3 Å². The molecule has 5 rings (SSSR count). The highest BCUT2D eigenvalue weighted by molar-refractivity contribution is 5.89. The second-order valence-electron chi connectivity index (χ2n) is 10.4. The lowest BCUT2D eigenvalue weighted by Crippen LogP contribution is -2.51. The van der Waals surface area contributed by atoms with E-state index in [4.69, 9.17) is 9.47 Å². The van der Waals surface area contributed by atoms with Crippen LogP contribution in [0.25, 0.3) is 0 Å². The van der Waals surface area contributed by atoms with Gasteiger partial charge in [-0.25, -0.2) is 0 Å². The first-order valence-electron chi connectivity index (χ1n) is 10.8. The van der Waals surface area contributed by atoms with Crippen molar-refractivity contribution >= 4 is 11.8 Å². The van der Waals surface area contributed by atoms with Crippen LogP contribution in [0, 0.1) is 28.6 Å². The maximum Gasteiger partial charge on any atom is 0.302 e. The molecule has 27 heavy (non-hydrogen) atoms. The van der Waals surface area contributed by atoms with Gasteiger partial charge in [0.25, 0.3) is 0 Å². The lowest BCUT2D eigenvalue weighted by molar-refractivity contribution is -0.148. The number of fused-ring (bicyclic) bond motifs is 7. The summed E-state index contributed by atoms with van der Waals surface area (Å²) in [6.07, 6.45) is 10.1. The van der Waals surface area contributed by atoms with Crippen molar-refractivity contribution < 1.29 is 19.1 Å². The minimum Gasteiger partial charge on any atom is -0.462 e. The van der Waals surface area contributed by atoms with E-state index in [1.807, 2.05) is 0 Å². The predicted octanol–water partition coefficient (Wildman–Crippen LogP) is 4.22. The Morgan fingerprint density at radius 3 is 2.63 bits per heavy atom. The summed E-state index contributed by atoms with van der Waals surface area (Å²) >= 11 is 0. The van der Waals surface area contributed by atoms with Gasteiger partial charge < -0.3 is 9.47 Å². The highest BCUT2D eigenvalue weighted by Crippen LogP contribution is 2.72. The minimum absolute atomic E-state index is 0.0562. The molecular weight excluding hydrogens is 340 g/mol. The van der Waals surface area contributed by atoms with Gasteiger partial charge in [-0.3, -0.25) is 9.59 Å². The van der Waals surface area contributed by atoms with Crippen molar-refractivity contribution in [3.05, 3.63) is 11.6 Å². The lowest BCUT2D eigenvalue weighted by Gasteiger charge is -2.57. The molecule has 4 nitrogen and oxygen atoms in total.